The van der Waals surface area contributed by atoms with E-state index in [2.05, 4.69) is 22.1 Å². The molecule has 88 valence electrons. The van der Waals surface area contributed by atoms with Gasteiger partial charge in [-0.05, 0) is 30.0 Å². The molecule has 0 fully saturated rings. The van der Waals surface area contributed by atoms with Gasteiger partial charge in [-0.2, -0.15) is 0 Å². The Balaban J connectivity index is 2.31. The number of hydrogen-bond donors (Lipinski definition) is 1. The Bertz CT molecular complexity index is 715. The van der Waals surface area contributed by atoms with E-state index in [1.54, 1.807) is 12.4 Å². The summed E-state index contributed by atoms with van der Waals surface area (Å²) in [5, 5.41) is 2.28. The average Bonchev–Trinajstić information content (AvgIpc) is 2.38. The van der Waals surface area contributed by atoms with Gasteiger partial charge in [-0.15, -0.1) is 0 Å². The van der Waals surface area contributed by atoms with Crippen LogP contribution in [0.2, 0.25) is 0 Å². The summed E-state index contributed by atoms with van der Waals surface area (Å²) in [6.07, 6.45) is 5.37. The second kappa shape index (κ2) is 4.11. The molecule has 0 spiro atoms. The van der Waals surface area contributed by atoms with E-state index < -0.39 is 0 Å². The van der Waals surface area contributed by atoms with Crippen LogP contribution in [0.3, 0.4) is 0 Å². The Labute approximate surface area is 105 Å². The summed E-state index contributed by atoms with van der Waals surface area (Å²) < 4.78 is 0. The zero-order valence-corrected chi connectivity index (χ0v) is 10.1. The lowest BCUT2D eigenvalue weighted by atomic mass is 10.0. The summed E-state index contributed by atoms with van der Waals surface area (Å²) >= 11 is 0. The van der Waals surface area contributed by atoms with Crippen LogP contribution in [0.4, 0.5) is 5.69 Å². The highest BCUT2D eigenvalue weighted by Crippen LogP contribution is 2.29. The molecule has 0 radical (unpaired) electrons. The van der Waals surface area contributed by atoms with E-state index in [0.29, 0.717) is 5.69 Å². The molecule has 3 nitrogen and oxygen atoms in total. The molecule has 2 aromatic heterocycles. The first-order chi connectivity index (χ1) is 8.75. The average molecular weight is 235 g/mol. The zero-order chi connectivity index (χ0) is 12.5. The van der Waals surface area contributed by atoms with Crippen LogP contribution >= 0.6 is 0 Å². The number of benzene rings is 1. The van der Waals surface area contributed by atoms with Crippen molar-refractivity contribution in [3.05, 3.63) is 54.5 Å². The van der Waals surface area contributed by atoms with Gasteiger partial charge in [-0.25, -0.2) is 0 Å². The number of fused-ring (bicyclic) bond motifs is 1. The molecule has 0 atom stereocenters. The molecule has 0 bridgehead atoms. The van der Waals surface area contributed by atoms with Crippen LogP contribution in [-0.4, -0.2) is 9.97 Å². The maximum atomic E-state index is 5.75. The lowest BCUT2D eigenvalue weighted by Crippen LogP contribution is -1.93. The minimum atomic E-state index is 0.693. The smallest absolute Gasteiger partial charge is 0.0739 e. The van der Waals surface area contributed by atoms with Crippen molar-refractivity contribution in [2.24, 2.45) is 0 Å². The highest BCUT2D eigenvalue weighted by atomic mass is 14.7. The fourth-order valence-corrected chi connectivity index (χ4v) is 2.21. The van der Waals surface area contributed by atoms with Gasteiger partial charge in [0.25, 0.3) is 0 Å². The number of aromatic nitrogens is 2. The van der Waals surface area contributed by atoms with Gasteiger partial charge in [0.05, 0.1) is 17.6 Å². The number of aryl methyl sites for hydroxylation is 1. The maximum absolute atomic E-state index is 5.75. The fourth-order valence-electron chi connectivity index (χ4n) is 2.21. The molecule has 2 heterocycles. The molecule has 0 amide bonds. The van der Waals surface area contributed by atoms with Gasteiger partial charge >= 0.3 is 0 Å². The topological polar surface area (TPSA) is 51.8 Å². The number of pyridine rings is 2. The van der Waals surface area contributed by atoms with Crippen LogP contribution in [0.25, 0.3) is 22.0 Å². The molecule has 0 saturated carbocycles. The Kier molecular flexibility index (Phi) is 2.45. The SMILES string of the molecule is Cc1cc(N)cnc1-c1cccc2cnccc12. The van der Waals surface area contributed by atoms with E-state index in [-0.39, 0.29) is 0 Å². The van der Waals surface area contributed by atoms with Crippen molar-refractivity contribution in [1.29, 1.82) is 0 Å². The molecule has 3 heteroatoms. The van der Waals surface area contributed by atoms with Crippen LogP contribution in [-0.2, 0) is 0 Å². The summed E-state index contributed by atoms with van der Waals surface area (Å²) in [4.78, 5) is 8.60. The standard InChI is InChI=1S/C15H13N3/c1-10-7-12(16)9-18-15(10)14-4-2-3-11-8-17-6-5-13(11)14/h2-9H,16H2,1H3. The molecular weight excluding hydrogens is 222 g/mol. The summed E-state index contributed by atoms with van der Waals surface area (Å²) in [6.45, 7) is 2.03. The highest BCUT2D eigenvalue weighted by Gasteiger charge is 2.07. The number of nitrogens with zero attached hydrogens (tertiary/aromatic N) is 2. The van der Waals surface area contributed by atoms with Crippen LogP contribution in [0.15, 0.2) is 48.9 Å². The van der Waals surface area contributed by atoms with Crippen LogP contribution in [0.1, 0.15) is 5.56 Å². The predicted molar refractivity (Wildman–Crippen MR) is 74.1 cm³/mol. The molecule has 0 aliphatic heterocycles. The van der Waals surface area contributed by atoms with Crippen molar-refractivity contribution in [1.82, 2.24) is 9.97 Å². The van der Waals surface area contributed by atoms with E-state index in [1.807, 2.05) is 31.3 Å². The van der Waals surface area contributed by atoms with E-state index in [4.69, 9.17) is 5.73 Å². The molecule has 3 aromatic rings. The van der Waals surface area contributed by atoms with Gasteiger partial charge < -0.3 is 5.73 Å². The third-order valence-corrected chi connectivity index (χ3v) is 3.04. The minimum Gasteiger partial charge on any atom is -0.397 e. The Hall–Kier alpha value is -2.42. The summed E-state index contributed by atoms with van der Waals surface area (Å²) in [5.41, 5.74) is 9.61. The highest BCUT2D eigenvalue weighted by molar-refractivity contribution is 5.95. The Morgan fingerprint density at radius 2 is 2.00 bits per heavy atom. The first-order valence-corrected chi connectivity index (χ1v) is 5.81. The monoisotopic (exact) mass is 235 g/mol. The third kappa shape index (κ3) is 1.70. The molecule has 0 aliphatic carbocycles. The van der Waals surface area contributed by atoms with Gasteiger partial charge in [0, 0.05) is 23.3 Å². The Morgan fingerprint density at radius 1 is 1.11 bits per heavy atom. The molecular formula is C15H13N3. The van der Waals surface area contributed by atoms with E-state index in [0.717, 1.165) is 27.6 Å². The van der Waals surface area contributed by atoms with Crippen LogP contribution in [0, 0.1) is 6.92 Å². The Morgan fingerprint density at radius 3 is 2.83 bits per heavy atom. The van der Waals surface area contributed by atoms with Crippen molar-refractivity contribution in [2.75, 3.05) is 5.73 Å². The van der Waals surface area contributed by atoms with Gasteiger partial charge in [0.15, 0.2) is 0 Å². The van der Waals surface area contributed by atoms with Crippen molar-refractivity contribution in [3.8, 4) is 11.3 Å². The fraction of sp³-hybridized carbons (Fsp3) is 0.0667. The van der Waals surface area contributed by atoms with E-state index in [9.17, 15) is 0 Å². The molecule has 2 N–H and O–H groups in total. The quantitative estimate of drug-likeness (QED) is 0.704. The van der Waals surface area contributed by atoms with Crippen LogP contribution in [0.5, 0.6) is 0 Å². The van der Waals surface area contributed by atoms with Gasteiger partial charge in [0.2, 0.25) is 0 Å². The second-order valence-corrected chi connectivity index (χ2v) is 4.34. The van der Waals surface area contributed by atoms with E-state index in [1.165, 1.54) is 0 Å². The first kappa shape index (κ1) is 10.7. The van der Waals surface area contributed by atoms with Crippen LogP contribution < -0.4 is 5.73 Å². The molecule has 0 saturated heterocycles. The largest absolute Gasteiger partial charge is 0.397 e. The minimum absolute atomic E-state index is 0.693. The number of anilines is 1. The summed E-state index contributed by atoms with van der Waals surface area (Å²) in [5.74, 6) is 0. The molecule has 1 aromatic carbocycles. The normalized spacial score (nSPS) is 10.7. The van der Waals surface area contributed by atoms with Crippen molar-refractivity contribution < 1.29 is 0 Å². The predicted octanol–water partition coefficient (Wildman–Crippen LogP) is 3.19. The lowest BCUT2D eigenvalue weighted by molar-refractivity contribution is 1.28. The van der Waals surface area contributed by atoms with E-state index >= 15 is 0 Å². The van der Waals surface area contributed by atoms with Gasteiger partial charge in [-0.1, -0.05) is 18.2 Å². The summed E-state index contributed by atoms with van der Waals surface area (Å²) in [7, 11) is 0. The molecule has 18 heavy (non-hydrogen) atoms. The lowest BCUT2D eigenvalue weighted by Gasteiger charge is -2.09. The van der Waals surface area contributed by atoms with Crippen molar-refractivity contribution in [3.63, 3.8) is 0 Å². The number of nitrogen functional groups attached to an aromatic ring is 1. The van der Waals surface area contributed by atoms with Crippen molar-refractivity contribution in [2.45, 2.75) is 6.92 Å². The van der Waals surface area contributed by atoms with Gasteiger partial charge in [0.1, 0.15) is 0 Å². The third-order valence-electron chi connectivity index (χ3n) is 3.04. The maximum Gasteiger partial charge on any atom is 0.0739 e. The summed E-state index contributed by atoms with van der Waals surface area (Å²) in [6, 6.07) is 10.1. The number of hydrogen-bond acceptors (Lipinski definition) is 3. The van der Waals surface area contributed by atoms with Gasteiger partial charge in [-0.3, -0.25) is 9.97 Å². The molecule has 0 unspecified atom stereocenters. The van der Waals surface area contributed by atoms with Crippen molar-refractivity contribution >= 4 is 16.5 Å². The number of rotatable bonds is 1. The number of nitrogens with two attached hydrogens (primary N) is 1. The molecule has 0 aliphatic rings. The molecule has 3 rings (SSSR count). The second-order valence-electron chi connectivity index (χ2n) is 4.34. The first-order valence-electron chi connectivity index (χ1n) is 5.81. The zero-order valence-electron chi connectivity index (χ0n) is 10.1.